The smallest absolute Gasteiger partial charge is 0.287 e. The number of carbonyl (C=O) groups is 2. The number of furan rings is 1. The lowest BCUT2D eigenvalue weighted by atomic mass is 10.1. The van der Waals surface area contributed by atoms with Gasteiger partial charge in [-0.2, -0.15) is 0 Å². The molecule has 2 amide bonds. The minimum absolute atomic E-state index is 0.00972. The highest BCUT2D eigenvalue weighted by Gasteiger charge is 2.18. The molecule has 0 fully saturated rings. The van der Waals surface area contributed by atoms with Gasteiger partial charge in [0.1, 0.15) is 11.6 Å². The van der Waals surface area contributed by atoms with E-state index >= 15 is 0 Å². The van der Waals surface area contributed by atoms with Crippen LogP contribution in [-0.2, 0) is 19.5 Å². The minimum Gasteiger partial charge on any atom is -0.454 e. The van der Waals surface area contributed by atoms with Crippen molar-refractivity contribution in [2.45, 2.75) is 52.2 Å². The molecule has 2 aromatic heterocycles. The first kappa shape index (κ1) is 26.9. The molecule has 7 heteroatoms. The van der Waals surface area contributed by atoms with Crippen LogP contribution in [0.15, 0.2) is 89.5 Å². The Morgan fingerprint density at radius 1 is 1.00 bits per heavy atom. The number of aryl methyl sites for hydroxylation is 1. The second kappa shape index (κ2) is 12.9. The number of hydrogen-bond donors (Lipinski definition) is 1. The van der Waals surface area contributed by atoms with Gasteiger partial charge in [0, 0.05) is 30.0 Å². The molecule has 4 rings (SSSR count). The van der Waals surface area contributed by atoms with Crippen molar-refractivity contribution in [2.24, 2.45) is 0 Å². The highest BCUT2D eigenvalue weighted by Crippen LogP contribution is 2.16. The summed E-state index contributed by atoms with van der Waals surface area (Å²) in [4.78, 5) is 27.5. The number of amides is 2. The molecule has 1 N–H and O–H groups in total. The lowest BCUT2D eigenvalue weighted by molar-refractivity contribution is 0.0739. The SMILES string of the molecule is CCCN(Cc1cccn1Cc1ccc(C(=O)NC(C)CCc2ccccc2)o1)C(=O)c1ccc(F)cc1. The van der Waals surface area contributed by atoms with Gasteiger partial charge in [0.05, 0.1) is 13.1 Å². The summed E-state index contributed by atoms with van der Waals surface area (Å²) in [6.45, 7) is 5.43. The minimum atomic E-state index is -0.370. The van der Waals surface area contributed by atoms with E-state index in [4.69, 9.17) is 4.42 Å². The Morgan fingerprint density at radius 2 is 1.76 bits per heavy atom. The molecule has 0 bridgehead atoms. The average molecular weight is 516 g/mol. The van der Waals surface area contributed by atoms with Crippen LogP contribution in [0, 0.1) is 5.82 Å². The van der Waals surface area contributed by atoms with Gasteiger partial charge in [0.15, 0.2) is 5.76 Å². The monoisotopic (exact) mass is 515 g/mol. The Kier molecular flexibility index (Phi) is 9.14. The molecule has 0 spiro atoms. The van der Waals surface area contributed by atoms with Crippen molar-refractivity contribution in [2.75, 3.05) is 6.54 Å². The van der Waals surface area contributed by atoms with E-state index in [0.717, 1.165) is 25.0 Å². The van der Waals surface area contributed by atoms with Crippen molar-refractivity contribution in [3.8, 4) is 0 Å². The Morgan fingerprint density at radius 3 is 2.50 bits per heavy atom. The van der Waals surface area contributed by atoms with E-state index in [1.165, 1.54) is 29.8 Å². The number of halogens is 1. The molecule has 0 aliphatic rings. The molecule has 0 aliphatic heterocycles. The molecule has 4 aromatic rings. The van der Waals surface area contributed by atoms with Gasteiger partial charge < -0.3 is 19.2 Å². The maximum Gasteiger partial charge on any atom is 0.287 e. The van der Waals surface area contributed by atoms with Crippen LogP contribution in [0.25, 0.3) is 0 Å². The van der Waals surface area contributed by atoms with Crippen molar-refractivity contribution in [3.63, 3.8) is 0 Å². The van der Waals surface area contributed by atoms with Crippen LogP contribution in [-0.4, -0.2) is 33.9 Å². The fourth-order valence-corrected chi connectivity index (χ4v) is 4.39. The summed E-state index contributed by atoms with van der Waals surface area (Å²) in [6, 6.07) is 23.2. The predicted molar refractivity (Wildman–Crippen MR) is 145 cm³/mol. The van der Waals surface area contributed by atoms with Crippen molar-refractivity contribution in [1.82, 2.24) is 14.8 Å². The van der Waals surface area contributed by atoms with Crippen molar-refractivity contribution in [3.05, 3.63) is 119 Å². The van der Waals surface area contributed by atoms with Crippen LogP contribution in [0.2, 0.25) is 0 Å². The molecule has 38 heavy (non-hydrogen) atoms. The lowest BCUT2D eigenvalue weighted by Gasteiger charge is -2.23. The summed E-state index contributed by atoms with van der Waals surface area (Å²) >= 11 is 0. The molecule has 198 valence electrons. The zero-order valence-corrected chi connectivity index (χ0v) is 21.9. The Labute approximate surface area is 223 Å². The molecule has 2 aromatic carbocycles. The number of carbonyl (C=O) groups excluding carboxylic acids is 2. The second-order valence-electron chi connectivity index (χ2n) is 9.53. The second-order valence-corrected chi connectivity index (χ2v) is 9.53. The van der Waals surface area contributed by atoms with Crippen LogP contribution >= 0.6 is 0 Å². The van der Waals surface area contributed by atoms with Crippen LogP contribution in [0.1, 0.15) is 64.6 Å². The molecule has 6 nitrogen and oxygen atoms in total. The third-order valence-electron chi connectivity index (χ3n) is 6.45. The summed E-state index contributed by atoms with van der Waals surface area (Å²) in [7, 11) is 0. The number of hydrogen-bond acceptors (Lipinski definition) is 3. The van der Waals surface area contributed by atoms with Gasteiger partial charge in [-0.15, -0.1) is 0 Å². The Bertz CT molecular complexity index is 1330. The van der Waals surface area contributed by atoms with Gasteiger partial charge in [-0.3, -0.25) is 9.59 Å². The number of nitrogens with zero attached hydrogens (tertiary/aromatic N) is 2. The van der Waals surface area contributed by atoms with Gasteiger partial charge in [0.25, 0.3) is 11.8 Å². The number of rotatable bonds is 12. The first-order valence-corrected chi connectivity index (χ1v) is 13.0. The maximum absolute atomic E-state index is 13.3. The van der Waals surface area contributed by atoms with E-state index in [1.54, 1.807) is 17.0 Å². The quantitative estimate of drug-likeness (QED) is 0.249. The molecule has 0 radical (unpaired) electrons. The fraction of sp³-hybridized carbons (Fsp3) is 0.290. The van der Waals surface area contributed by atoms with Crippen LogP contribution in [0.3, 0.4) is 0 Å². The highest BCUT2D eigenvalue weighted by molar-refractivity contribution is 5.94. The molecule has 0 saturated heterocycles. The first-order valence-electron chi connectivity index (χ1n) is 13.0. The molecular weight excluding hydrogens is 481 g/mol. The van der Waals surface area contributed by atoms with E-state index in [0.29, 0.717) is 31.0 Å². The Hall–Kier alpha value is -4.13. The fourth-order valence-electron chi connectivity index (χ4n) is 4.39. The third-order valence-corrected chi connectivity index (χ3v) is 6.45. The van der Waals surface area contributed by atoms with E-state index in [-0.39, 0.29) is 29.4 Å². The summed E-state index contributed by atoms with van der Waals surface area (Å²) in [6.07, 6.45) is 4.45. The van der Waals surface area contributed by atoms with Gasteiger partial charge in [-0.25, -0.2) is 4.39 Å². The lowest BCUT2D eigenvalue weighted by Crippen LogP contribution is -2.32. The van der Waals surface area contributed by atoms with Gasteiger partial charge in [-0.05, 0) is 80.3 Å². The summed E-state index contributed by atoms with van der Waals surface area (Å²) in [5.74, 6) is 0.183. The molecule has 1 atom stereocenters. The van der Waals surface area contributed by atoms with E-state index < -0.39 is 0 Å². The molecule has 0 saturated carbocycles. The van der Waals surface area contributed by atoms with Gasteiger partial charge >= 0.3 is 0 Å². The highest BCUT2D eigenvalue weighted by atomic mass is 19.1. The van der Waals surface area contributed by atoms with E-state index in [9.17, 15) is 14.0 Å². The van der Waals surface area contributed by atoms with Gasteiger partial charge in [-0.1, -0.05) is 37.3 Å². The topological polar surface area (TPSA) is 67.5 Å². The van der Waals surface area contributed by atoms with Crippen molar-refractivity contribution >= 4 is 11.8 Å². The predicted octanol–water partition coefficient (Wildman–Crippen LogP) is 6.07. The maximum atomic E-state index is 13.3. The molecular formula is C31H34FN3O3. The number of nitrogens with one attached hydrogen (secondary N) is 1. The van der Waals surface area contributed by atoms with E-state index in [1.807, 2.05) is 54.9 Å². The standard InChI is InChI=1S/C31H34FN3O3/c1-3-19-35(31(37)25-13-15-26(32)16-14-25)21-27-10-7-20-34(27)22-28-17-18-29(38-28)30(36)33-23(2)11-12-24-8-5-4-6-9-24/h4-10,13-18,20,23H,3,11-12,19,21-22H2,1-2H3,(H,33,36). The molecule has 2 heterocycles. The largest absolute Gasteiger partial charge is 0.454 e. The molecule has 1 unspecified atom stereocenters. The van der Waals surface area contributed by atoms with Crippen LogP contribution in [0.5, 0.6) is 0 Å². The summed E-state index contributed by atoms with van der Waals surface area (Å²) < 4.78 is 21.2. The molecule has 0 aliphatic carbocycles. The summed E-state index contributed by atoms with van der Waals surface area (Å²) in [5, 5.41) is 3.01. The first-order chi connectivity index (χ1) is 18.4. The number of benzene rings is 2. The van der Waals surface area contributed by atoms with Crippen molar-refractivity contribution < 1.29 is 18.4 Å². The Balaban J connectivity index is 1.35. The summed E-state index contributed by atoms with van der Waals surface area (Å²) in [5.41, 5.74) is 2.64. The number of aromatic nitrogens is 1. The van der Waals surface area contributed by atoms with Crippen LogP contribution < -0.4 is 5.32 Å². The normalized spacial score (nSPS) is 11.8. The van der Waals surface area contributed by atoms with E-state index in [2.05, 4.69) is 17.4 Å². The third kappa shape index (κ3) is 7.22. The van der Waals surface area contributed by atoms with Crippen LogP contribution in [0.4, 0.5) is 4.39 Å². The van der Waals surface area contributed by atoms with Gasteiger partial charge in [0.2, 0.25) is 0 Å². The average Bonchev–Trinajstić information content (AvgIpc) is 3.58. The van der Waals surface area contributed by atoms with Crippen molar-refractivity contribution in [1.29, 1.82) is 0 Å². The zero-order valence-electron chi connectivity index (χ0n) is 21.9. The zero-order chi connectivity index (χ0) is 26.9.